The molecule has 1 aromatic carbocycles. The fraction of sp³-hybridized carbons (Fsp3) is 0.267. The van der Waals surface area contributed by atoms with Crippen LogP contribution in [0.4, 0.5) is 0 Å². The molecule has 0 saturated heterocycles. The van der Waals surface area contributed by atoms with Crippen LogP contribution in [0.1, 0.15) is 23.8 Å². The number of nitrogens with one attached hydrogen (secondary N) is 1. The van der Waals surface area contributed by atoms with Crippen molar-refractivity contribution in [2.45, 2.75) is 19.1 Å². The van der Waals surface area contributed by atoms with E-state index in [1.165, 1.54) is 6.07 Å². The summed E-state index contributed by atoms with van der Waals surface area (Å²) < 4.78 is 7.32. The van der Waals surface area contributed by atoms with Crippen molar-refractivity contribution in [3.05, 3.63) is 64.1 Å². The number of aliphatic hydroxyl groups is 1. The van der Waals surface area contributed by atoms with Gasteiger partial charge in [-0.2, -0.15) is 0 Å². The number of rotatable bonds is 3. The van der Waals surface area contributed by atoms with Gasteiger partial charge in [0.05, 0.1) is 0 Å². The van der Waals surface area contributed by atoms with Gasteiger partial charge in [0.15, 0.2) is 5.75 Å². The third kappa shape index (κ3) is 2.40. The predicted molar refractivity (Wildman–Crippen MR) is 75.3 cm³/mol. The summed E-state index contributed by atoms with van der Waals surface area (Å²) in [6.07, 6.45) is 1.50. The van der Waals surface area contributed by atoms with Crippen LogP contribution in [0.25, 0.3) is 0 Å². The van der Waals surface area contributed by atoms with E-state index in [2.05, 4.69) is 5.43 Å². The lowest BCUT2D eigenvalue weighted by Crippen LogP contribution is -2.31. The average molecular weight is 272 g/mol. The monoisotopic (exact) mass is 272 g/mol. The highest BCUT2D eigenvalue weighted by Gasteiger charge is 2.23. The van der Waals surface area contributed by atoms with Crippen LogP contribution >= 0.6 is 0 Å². The molecule has 2 aromatic rings. The molecular formula is C15H16N2O3. The lowest BCUT2D eigenvalue weighted by molar-refractivity contribution is 0.144. The first-order chi connectivity index (χ1) is 9.75. The van der Waals surface area contributed by atoms with Crippen LogP contribution in [0.15, 0.2) is 47.4 Å². The number of hydrogen-bond donors (Lipinski definition) is 2. The zero-order valence-electron chi connectivity index (χ0n) is 11.0. The quantitative estimate of drug-likeness (QED) is 0.886. The van der Waals surface area contributed by atoms with Gasteiger partial charge >= 0.3 is 0 Å². The first-order valence-corrected chi connectivity index (χ1v) is 6.60. The predicted octanol–water partition coefficient (Wildman–Crippen LogP) is 1.41. The number of benzene rings is 1. The second kappa shape index (κ2) is 5.38. The molecule has 104 valence electrons. The molecule has 1 aliphatic rings. The zero-order valence-corrected chi connectivity index (χ0v) is 11.0. The van der Waals surface area contributed by atoms with Crippen molar-refractivity contribution < 1.29 is 9.84 Å². The van der Waals surface area contributed by atoms with Gasteiger partial charge in [-0.1, -0.05) is 30.3 Å². The van der Waals surface area contributed by atoms with Gasteiger partial charge in [-0.05, 0) is 12.0 Å². The topological polar surface area (TPSA) is 63.5 Å². The van der Waals surface area contributed by atoms with Crippen LogP contribution in [0.5, 0.6) is 5.75 Å². The molecule has 1 aromatic heterocycles. The molecule has 0 saturated carbocycles. The summed E-state index contributed by atoms with van der Waals surface area (Å²) in [4.78, 5) is 12.0. The van der Waals surface area contributed by atoms with Gasteiger partial charge in [0, 0.05) is 18.8 Å². The third-order valence-corrected chi connectivity index (χ3v) is 3.33. The summed E-state index contributed by atoms with van der Waals surface area (Å²) in [5.74, 6) is 0.219. The first-order valence-electron chi connectivity index (χ1n) is 6.60. The van der Waals surface area contributed by atoms with Crippen LogP contribution in [-0.2, 0) is 6.61 Å². The maximum atomic E-state index is 12.0. The minimum absolute atomic E-state index is 0.213. The van der Waals surface area contributed by atoms with Crippen molar-refractivity contribution in [3.8, 4) is 5.75 Å². The van der Waals surface area contributed by atoms with Gasteiger partial charge in [-0.15, -0.1) is 0 Å². The molecule has 20 heavy (non-hydrogen) atoms. The number of nitrogens with zero attached hydrogens (tertiary/aromatic N) is 1. The van der Waals surface area contributed by atoms with Gasteiger partial charge in [-0.25, -0.2) is 0 Å². The van der Waals surface area contributed by atoms with Crippen molar-refractivity contribution in [3.63, 3.8) is 0 Å². The van der Waals surface area contributed by atoms with Gasteiger partial charge in [0.1, 0.15) is 18.4 Å². The Hall–Kier alpha value is -2.27. The number of hydrogen-bond acceptors (Lipinski definition) is 4. The van der Waals surface area contributed by atoms with Crippen molar-refractivity contribution in [2.24, 2.45) is 0 Å². The minimum Gasteiger partial charge on any atom is -0.483 e. The molecular weight excluding hydrogens is 256 g/mol. The Morgan fingerprint density at radius 3 is 2.90 bits per heavy atom. The largest absolute Gasteiger partial charge is 0.483 e. The number of pyridine rings is 1. The fourth-order valence-corrected chi connectivity index (χ4v) is 2.32. The van der Waals surface area contributed by atoms with Crippen LogP contribution in [-0.4, -0.2) is 16.3 Å². The Morgan fingerprint density at radius 2 is 2.10 bits per heavy atom. The van der Waals surface area contributed by atoms with Crippen LogP contribution in [0.2, 0.25) is 0 Å². The Bertz CT molecular complexity index is 652. The molecule has 0 radical (unpaired) electrons. The van der Waals surface area contributed by atoms with Gasteiger partial charge < -0.3 is 15.3 Å². The molecule has 2 N–H and O–H groups in total. The summed E-state index contributed by atoms with van der Waals surface area (Å²) in [6, 6.07) is 11.1. The average Bonchev–Trinajstić information content (AvgIpc) is 2.48. The summed E-state index contributed by atoms with van der Waals surface area (Å²) in [5.41, 5.74) is 4.36. The highest BCUT2D eigenvalue weighted by Crippen LogP contribution is 2.26. The summed E-state index contributed by atoms with van der Waals surface area (Å²) in [7, 11) is 0. The van der Waals surface area contributed by atoms with Crippen LogP contribution in [0.3, 0.4) is 0 Å². The first kappa shape index (κ1) is 12.7. The Morgan fingerprint density at radius 1 is 1.30 bits per heavy atom. The second-order valence-corrected chi connectivity index (χ2v) is 4.75. The molecule has 1 aliphatic heterocycles. The smallest absolute Gasteiger partial charge is 0.223 e. The molecule has 0 amide bonds. The second-order valence-electron chi connectivity index (χ2n) is 4.75. The summed E-state index contributed by atoms with van der Waals surface area (Å²) in [5, 5.41) is 10.1. The normalized spacial score (nSPS) is 17.1. The molecule has 0 fully saturated rings. The molecule has 1 atom stereocenters. The van der Waals surface area contributed by atoms with E-state index in [9.17, 15) is 9.90 Å². The maximum Gasteiger partial charge on any atom is 0.223 e. The Labute approximate surface area is 116 Å². The van der Waals surface area contributed by atoms with Gasteiger partial charge in [0.25, 0.3) is 0 Å². The number of aliphatic hydroxyl groups excluding tert-OH is 1. The van der Waals surface area contributed by atoms with Crippen molar-refractivity contribution in [2.75, 3.05) is 12.0 Å². The number of aromatic nitrogens is 1. The van der Waals surface area contributed by atoms with Gasteiger partial charge in [0.2, 0.25) is 5.43 Å². The molecule has 2 heterocycles. The SMILES string of the molecule is O=c1ccn2c(c1OCc1ccccc1)[C@@H](O)CCN2. The number of fused-ring (bicyclic) bond motifs is 1. The molecule has 0 unspecified atom stereocenters. The van der Waals surface area contributed by atoms with Crippen LogP contribution in [0, 0.1) is 0 Å². The van der Waals surface area contributed by atoms with E-state index in [0.29, 0.717) is 25.3 Å². The molecule has 0 aliphatic carbocycles. The van der Waals surface area contributed by atoms with E-state index >= 15 is 0 Å². The van der Waals surface area contributed by atoms with E-state index in [1.54, 1.807) is 10.9 Å². The lowest BCUT2D eigenvalue weighted by atomic mass is 10.1. The molecule has 5 heteroatoms. The van der Waals surface area contributed by atoms with E-state index in [-0.39, 0.29) is 11.2 Å². The zero-order chi connectivity index (χ0) is 13.9. The third-order valence-electron chi connectivity index (χ3n) is 3.33. The van der Waals surface area contributed by atoms with Crippen molar-refractivity contribution in [1.29, 1.82) is 0 Å². The molecule has 0 spiro atoms. The summed E-state index contributed by atoms with van der Waals surface area (Å²) in [6.45, 7) is 0.967. The highest BCUT2D eigenvalue weighted by atomic mass is 16.5. The van der Waals surface area contributed by atoms with E-state index in [4.69, 9.17) is 4.74 Å². The highest BCUT2D eigenvalue weighted by molar-refractivity contribution is 5.32. The maximum absolute atomic E-state index is 12.0. The molecule has 3 rings (SSSR count). The Kier molecular flexibility index (Phi) is 3.43. The van der Waals surface area contributed by atoms with Gasteiger partial charge in [-0.3, -0.25) is 9.47 Å². The van der Waals surface area contributed by atoms with Crippen molar-refractivity contribution >= 4 is 0 Å². The minimum atomic E-state index is -0.684. The fourth-order valence-electron chi connectivity index (χ4n) is 2.32. The summed E-state index contributed by atoms with van der Waals surface area (Å²) >= 11 is 0. The molecule has 0 bridgehead atoms. The van der Waals surface area contributed by atoms with E-state index < -0.39 is 6.10 Å². The standard InChI is InChI=1S/C15H16N2O3/c18-12-6-8-16-17-9-7-13(19)15(14(12)17)20-10-11-4-2-1-3-5-11/h1-5,7,9,12,16,18H,6,8,10H2/t12-/m0/s1. The van der Waals surface area contributed by atoms with E-state index in [0.717, 1.165) is 5.56 Å². The molecule has 5 nitrogen and oxygen atoms in total. The van der Waals surface area contributed by atoms with Crippen LogP contribution < -0.4 is 15.6 Å². The van der Waals surface area contributed by atoms with Crippen molar-refractivity contribution in [1.82, 2.24) is 4.68 Å². The Balaban J connectivity index is 1.91. The number of ether oxygens (including phenoxy) is 1. The lowest BCUT2D eigenvalue weighted by Gasteiger charge is -2.26. The van der Waals surface area contributed by atoms with E-state index in [1.807, 2.05) is 30.3 Å².